The topological polar surface area (TPSA) is 30.7 Å². The van der Waals surface area contributed by atoms with Gasteiger partial charge in [-0.3, -0.25) is 0 Å². The number of aryl methyl sites for hydroxylation is 3. The van der Waals surface area contributed by atoms with Crippen molar-refractivity contribution in [3.8, 4) is 76.1 Å². The Labute approximate surface area is 402 Å². The van der Waals surface area contributed by atoms with Crippen molar-refractivity contribution in [2.24, 2.45) is 0 Å². The average molecular weight is 904 g/mol. The van der Waals surface area contributed by atoms with Gasteiger partial charge < -0.3 is 4.57 Å². The van der Waals surface area contributed by atoms with Crippen LogP contribution in [0.25, 0.3) is 109 Å². The zero-order valence-electron chi connectivity index (χ0n) is 38.4. The van der Waals surface area contributed by atoms with Gasteiger partial charge in [0.05, 0.1) is 22.4 Å². The molecule has 7 aromatic carbocycles. The second-order valence-electron chi connectivity index (χ2n) is 17.9. The highest BCUT2D eigenvalue weighted by molar-refractivity contribution is 7.19. The van der Waals surface area contributed by atoms with Crippen molar-refractivity contribution in [2.45, 2.75) is 65.8 Å². The molecule has 0 aliphatic rings. The minimum absolute atomic E-state index is 0.871. The first-order chi connectivity index (χ1) is 33.0. The SMILES string of the molecule is CCCCCCCCn1c2cc(C)ccc2c2ccc(-c3ccc(-c4ccc(-c5ccc(C)s5)c5nc(-c6ccc(-c7ccccc7)cc6)c(-c6ccc(-c7ccccc7)cc6)nc45)s3)cc21. The molecule has 0 aliphatic carbocycles. The standard InChI is InChI=1S/C62H53N3S2/c1-4-5-6-7-8-15-38-65-54-39-41(2)20-31-50(54)51-32-30-49(40-55(51)65)56-36-37-58(67-56)53-34-33-52(57-35-21-42(3)66-57)61-62(53)64-60(48-28-24-46(25-29-48)44-18-13-10-14-19-44)59(63-61)47-26-22-45(23-27-47)43-16-11-9-12-17-43/h9-14,16-37,39-40H,4-8,15,38H2,1-3H3. The molecule has 0 saturated carbocycles. The Hall–Kier alpha value is -6.92. The summed E-state index contributed by atoms with van der Waals surface area (Å²) in [5.41, 5.74) is 17.8. The fraction of sp³-hybridized carbons (Fsp3) is 0.161. The Balaban J connectivity index is 1.04. The van der Waals surface area contributed by atoms with E-state index < -0.39 is 0 Å². The van der Waals surface area contributed by atoms with Crippen molar-refractivity contribution < 1.29 is 0 Å². The molecule has 0 saturated heterocycles. The number of fused-ring (bicyclic) bond motifs is 4. The van der Waals surface area contributed by atoms with E-state index in [-0.39, 0.29) is 0 Å². The Bertz CT molecular complexity index is 3500. The summed E-state index contributed by atoms with van der Waals surface area (Å²) in [4.78, 5) is 16.3. The average Bonchev–Trinajstić information content (AvgIpc) is 4.12. The van der Waals surface area contributed by atoms with Crippen LogP contribution in [-0.4, -0.2) is 14.5 Å². The molecule has 4 aromatic heterocycles. The molecule has 0 aliphatic heterocycles. The highest BCUT2D eigenvalue weighted by Crippen LogP contribution is 2.44. The summed E-state index contributed by atoms with van der Waals surface area (Å²) in [6, 6.07) is 66.4. The van der Waals surface area contributed by atoms with Crippen LogP contribution in [0.5, 0.6) is 0 Å². The quantitative estimate of drug-likeness (QED) is 0.102. The molecule has 0 amide bonds. The molecular formula is C62H53N3S2. The van der Waals surface area contributed by atoms with E-state index in [0.717, 1.165) is 51.2 Å². The molecule has 3 nitrogen and oxygen atoms in total. The zero-order chi connectivity index (χ0) is 45.3. The molecule has 5 heteroatoms. The molecule has 0 fully saturated rings. The van der Waals surface area contributed by atoms with Gasteiger partial charge in [-0.1, -0.05) is 185 Å². The van der Waals surface area contributed by atoms with Gasteiger partial charge in [0.1, 0.15) is 0 Å². The molecule has 67 heavy (non-hydrogen) atoms. The highest BCUT2D eigenvalue weighted by Gasteiger charge is 2.21. The molecule has 11 rings (SSSR count). The minimum Gasteiger partial charge on any atom is -0.340 e. The molecule has 0 spiro atoms. The lowest BCUT2D eigenvalue weighted by atomic mass is 9.97. The van der Waals surface area contributed by atoms with Crippen LogP contribution in [0.3, 0.4) is 0 Å². The number of thiophene rings is 2. The van der Waals surface area contributed by atoms with Crippen LogP contribution in [0.2, 0.25) is 0 Å². The summed E-state index contributed by atoms with van der Waals surface area (Å²) in [5.74, 6) is 0. The summed E-state index contributed by atoms with van der Waals surface area (Å²) < 4.78 is 2.59. The molecule has 0 radical (unpaired) electrons. The molecule has 4 heterocycles. The van der Waals surface area contributed by atoms with Gasteiger partial charge >= 0.3 is 0 Å². The summed E-state index contributed by atoms with van der Waals surface area (Å²) in [6.45, 7) is 7.71. The van der Waals surface area contributed by atoms with Gasteiger partial charge in [0.15, 0.2) is 0 Å². The lowest BCUT2D eigenvalue weighted by molar-refractivity contribution is 0.571. The van der Waals surface area contributed by atoms with E-state index in [0.29, 0.717) is 0 Å². The van der Waals surface area contributed by atoms with Gasteiger partial charge in [0, 0.05) is 70.1 Å². The smallest absolute Gasteiger partial charge is 0.0988 e. The van der Waals surface area contributed by atoms with Gasteiger partial charge in [0.2, 0.25) is 0 Å². The first-order valence-electron chi connectivity index (χ1n) is 23.9. The number of benzene rings is 7. The predicted octanol–water partition coefficient (Wildman–Crippen LogP) is 18.5. The predicted molar refractivity (Wildman–Crippen MR) is 289 cm³/mol. The highest BCUT2D eigenvalue weighted by atomic mass is 32.1. The third-order valence-electron chi connectivity index (χ3n) is 13.3. The fourth-order valence-electron chi connectivity index (χ4n) is 9.70. The van der Waals surface area contributed by atoms with E-state index in [2.05, 4.69) is 207 Å². The van der Waals surface area contributed by atoms with Gasteiger partial charge in [-0.25, -0.2) is 9.97 Å². The van der Waals surface area contributed by atoms with E-state index in [1.165, 1.54) is 113 Å². The molecule has 0 atom stereocenters. The van der Waals surface area contributed by atoms with Crippen LogP contribution in [0.4, 0.5) is 0 Å². The monoisotopic (exact) mass is 903 g/mol. The van der Waals surface area contributed by atoms with Crippen LogP contribution in [-0.2, 0) is 6.54 Å². The number of rotatable bonds is 14. The molecule has 0 unspecified atom stereocenters. The number of hydrogen-bond donors (Lipinski definition) is 0. The first-order valence-corrected chi connectivity index (χ1v) is 25.5. The zero-order valence-corrected chi connectivity index (χ0v) is 40.1. The van der Waals surface area contributed by atoms with Crippen LogP contribution < -0.4 is 0 Å². The van der Waals surface area contributed by atoms with Crippen LogP contribution in [0, 0.1) is 13.8 Å². The number of nitrogens with zero attached hydrogens (tertiary/aromatic N) is 3. The van der Waals surface area contributed by atoms with E-state index in [1.807, 2.05) is 11.3 Å². The fourth-order valence-corrected chi connectivity index (χ4v) is 11.6. The van der Waals surface area contributed by atoms with E-state index in [9.17, 15) is 0 Å². The van der Waals surface area contributed by atoms with Gasteiger partial charge in [0.25, 0.3) is 0 Å². The number of unbranched alkanes of at least 4 members (excludes halogenated alkanes) is 5. The second-order valence-corrected chi connectivity index (χ2v) is 20.3. The molecule has 0 bridgehead atoms. The van der Waals surface area contributed by atoms with Crippen molar-refractivity contribution in [1.29, 1.82) is 0 Å². The van der Waals surface area contributed by atoms with E-state index >= 15 is 0 Å². The maximum absolute atomic E-state index is 5.74. The summed E-state index contributed by atoms with van der Waals surface area (Å²) in [5, 5.41) is 2.67. The first kappa shape index (κ1) is 42.7. The van der Waals surface area contributed by atoms with Crippen molar-refractivity contribution in [1.82, 2.24) is 14.5 Å². The van der Waals surface area contributed by atoms with Gasteiger partial charge in [-0.15, -0.1) is 22.7 Å². The molecular weight excluding hydrogens is 851 g/mol. The number of hydrogen-bond acceptors (Lipinski definition) is 4. The molecule has 11 aromatic rings. The van der Waals surface area contributed by atoms with Crippen LogP contribution in [0.15, 0.2) is 182 Å². The minimum atomic E-state index is 0.871. The van der Waals surface area contributed by atoms with Crippen molar-refractivity contribution >= 4 is 55.5 Å². The molecule has 0 N–H and O–H groups in total. The van der Waals surface area contributed by atoms with Crippen molar-refractivity contribution in [3.05, 3.63) is 192 Å². The number of aromatic nitrogens is 3. The normalized spacial score (nSPS) is 11.6. The summed E-state index contributed by atoms with van der Waals surface area (Å²) in [6.07, 6.45) is 7.71. The van der Waals surface area contributed by atoms with Crippen LogP contribution >= 0.6 is 22.7 Å². The van der Waals surface area contributed by atoms with Gasteiger partial charge in [-0.05, 0) is 90.0 Å². The van der Waals surface area contributed by atoms with Crippen molar-refractivity contribution in [2.75, 3.05) is 0 Å². The molecule has 328 valence electrons. The Morgan fingerprint density at radius 2 is 0.881 bits per heavy atom. The largest absolute Gasteiger partial charge is 0.340 e. The lowest BCUT2D eigenvalue weighted by Crippen LogP contribution is -1.98. The Kier molecular flexibility index (Phi) is 12.0. The Morgan fingerprint density at radius 3 is 1.46 bits per heavy atom. The van der Waals surface area contributed by atoms with Crippen molar-refractivity contribution in [3.63, 3.8) is 0 Å². The summed E-state index contributed by atoms with van der Waals surface area (Å²) >= 11 is 3.65. The maximum atomic E-state index is 5.74. The van der Waals surface area contributed by atoms with Crippen LogP contribution in [0.1, 0.15) is 55.9 Å². The second kappa shape index (κ2) is 18.8. The van der Waals surface area contributed by atoms with E-state index in [1.54, 1.807) is 11.3 Å². The maximum Gasteiger partial charge on any atom is 0.0988 e. The lowest BCUT2D eigenvalue weighted by Gasteiger charge is -2.15. The Morgan fingerprint density at radius 1 is 0.403 bits per heavy atom. The summed E-state index contributed by atoms with van der Waals surface area (Å²) in [7, 11) is 0. The van der Waals surface area contributed by atoms with Gasteiger partial charge in [-0.2, -0.15) is 0 Å². The van der Waals surface area contributed by atoms with E-state index in [4.69, 9.17) is 9.97 Å². The third kappa shape index (κ3) is 8.55. The third-order valence-corrected chi connectivity index (χ3v) is 15.5.